The van der Waals surface area contributed by atoms with Crippen molar-refractivity contribution in [2.24, 2.45) is 5.73 Å². The summed E-state index contributed by atoms with van der Waals surface area (Å²) in [6.07, 6.45) is 2.59. The molecule has 0 bridgehead atoms. The molecule has 0 aliphatic carbocycles. The lowest BCUT2D eigenvalue weighted by molar-refractivity contribution is 0.313. The van der Waals surface area contributed by atoms with E-state index in [1.54, 1.807) is 6.20 Å². The lowest BCUT2D eigenvalue weighted by atomic mass is 9.91. The average molecular weight is 240 g/mol. The van der Waals surface area contributed by atoms with E-state index < -0.39 is 0 Å². The summed E-state index contributed by atoms with van der Waals surface area (Å²) in [5, 5.41) is 0. The maximum atomic E-state index is 6.31. The number of pyridine rings is 1. The zero-order chi connectivity index (χ0) is 12.4. The van der Waals surface area contributed by atoms with Gasteiger partial charge < -0.3 is 10.5 Å². The van der Waals surface area contributed by atoms with Gasteiger partial charge in [0.25, 0.3) is 0 Å². The van der Waals surface area contributed by atoms with Crippen LogP contribution in [0, 0.1) is 0 Å². The number of hydrogen-bond donors (Lipinski definition) is 1. The first-order valence-electron chi connectivity index (χ1n) is 6.22. The molecule has 2 atom stereocenters. The van der Waals surface area contributed by atoms with Gasteiger partial charge in [0, 0.05) is 35.8 Å². The predicted molar refractivity (Wildman–Crippen MR) is 70.6 cm³/mol. The van der Waals surface area contributed by atoms with Crippen molar-refractivity contribution in [1.82, 2.24) is 4.98 Å². The van der Waals surface area contributed by atoms with E-state index in [9.17, 15) is 0 Å². The van der Waals surface area contributed by atoms with E-state index in [1.165, 1.54) is 5.56 Å². The monoisotopic (exact) mass is 240 g/mol. The molecule has 1 aliphatic rings. The minimum atomic E-state index is 0.0450. The molecule has 0 saturated heterocycles. The molecule has 3 nitrogen and oxygen atoms in total. The zero-order valence-electron chi connectivity index (χ0n) is 10.1. The Morgan fingerprint density at radius 2 is 2.06 bits per heavy atom. The first-order valence-corrected chi connectivity index (χ1v) is 6.22. The highest BCUT2D eigenvalue weighted by molar-refractivity contribution is 5.40. The van der Waals surface area contributed by atoms with Gasteiger partial charge in [0.15, 0.2) is 0 Å². The second-order valence-corrected chi connectivity index (χ2v) is 4.64. The van der Waals surface area contributed by atoms with Gasteiger partial charge in [-0.25, -0.2) is 0 Å². The molecule has 18 heavy (non-hydrogen) atoms. The second-order valence-electron chi connectivity index (χ2n) is 4.64. The highest BCUT2D eigenvalue weighted by atomic mass is 16.5. The number of ether oxygens (including phenoxy) is 1. The van der Waals surface area contributed by atoms with Gasteiger partial charge in [-0.05, 0) is 18.2 Å². The van der Waals surface area contributed by atoms with Gasteiger partial charge in [0.1, 0.15) is 5.75 Å². The van der Waals surface area contributed by atoms with Crippen molar-refractivity contribution in [2.45, 2.75) is 18.4 Å². The Labute approximate surface area is 107 Å². The molecule has 3 rings (SSSR count). The van der Waals surface area contributed by atoms with E-state index in [4.69, 9.17) is 10.5 Å². The molecule has 0 saturated carbocycles. The predicted octanol–water partition coefficient (Wildman–Crippen LogP) is 2.13. The summed E-state index contributed by atoms with van der Waals surface area (Å²) in [7, 11) is 0. The fraction of sp³-hybridized carbons (Fsp3) is 0.267. The number of benzene rings is 1. The van der Waals surface area contributed by atoms with E-state index in [0.29, 0.717) is 6.61 Å². The number of aromatic nitrogens is 1. The number of rotatable bonds is 3. The molecule has 1 aliphatic heterocycles. The highest BCUT2D eigenvalue weighted by Crippen LogP contribution is 2.35. The van der Waals surface area contributed by atoms with E-state index in [-0.39, 0.29) is 12.0 Å². The third-order valence-corrected chi connectivity index (χ3v) is 3.42. The normalized spacial score (nSPS) is 19.1. The Morgan fingerprint density at radius 1 is 1.22 bits per heavy atom. The van der Waals surface area contributed by atoms with Gasteiger partial charge >= 0.3 is 0 Å². The number of para-hydroxylation sites is 1. The standard InChI is InChI=1S/C15H16N2O/c16-14(9-11-5-3-4-8-17-11)13-10-18-15-7-2-1-6-12(13)15/h1-8,13-14H,9-10,16H2. The number of hydrogen-bond acceptors (Lipinski definition) is 3. The van der Waals surface area contributed by atoms with Crippen molar-refractivity contribution in [3.63, 3.8) is 0 Å². The van der Waals surface area contributed by atoms with Crippen LogP contribution in [0.3, 0.4) is 0 Å². The minimum absolute atomic E-state index is 0.0450. The summed E-state index contributed by atoms with van der Waals surface area (Å²) in [6.45, 7) is 0.674. The lowest BCUT2D eigenvalue weighted by Gasteiger charge is -2.17. The van der Waals surface area contributed by atoms with Gasteiger partial charge in [-0.15, -0.1) is 0 Å². The summed E-state index contributed by atoms with van der Waals surface area (Å²) in [5.74, 6) is 1.24. The van der Waals surface area contributed by atoms with Crippen LogP contribution in [-0.4, -0.2) is 17.6 Å². The number of nitrogens with zero attached hydrogens (tertiary/aromatic N) is 1. The fourth-order valence-corrected chi connectivity index (χ4v) is 2.44. The molecule has 2 N–H and O–H groups in total. The Morgan fingerprint density at radius 3 is 2.89 bits per heavy atom. The van der Waals surface area contributed by atoms with Crippen LogP contribution in [0.2, 0.25) is 0 Å². The molecule has 2 unspecified atom stereocenters. The molecule has 0 radical (unpaired) electrons. The molecule has 92 valence electrons. The van der Waals surface area contributed by atoms with Crippen LogP contribution in [0.5, 0.6) is 5.75 Å². The van der Waals surface area contributed by atoms with Gasteiger partial charge in [-0.1, -0.05) is 24.3 Å². The fourth-order valence-electron chi connectivity index (χ4n) is 2.44. The third kappa shape index (κ3) is 2.09. The van der Waals surface area contributed by atoms with Crippen LogP contribution in [-0.2, 0) is 6.42 Å². The Balaban J connectivity index is 1.77. The summed E-state index contributed by atoms with van der Waals surface area (Å²) in [4.78, 5) is 4.33. The smallest absolute Gasteiger partial charge is 0.122 e. The average Bonchev–Trinajstić information content (AvgIpc) is 2.84. The molecule has 2 aromatic rings. The topological polar surface area (TPSA) is 48.1 Å². The molecule has 1 aromatic carbocycles. The van der Waals surface area contributed by atoms with Crippen molar-refractivity contribution >= 4 is 0 Å². The van der Waals surface area contributed by atoms with Crippen molar-refractivity contribution in [3.05, 3.63) is 59.9 Å². The van der Waals surface area contributed by atoms with Crippen LogP contribution in [0.4, 0.5) is 0 Å². The number of nitrogens with two attached hydrogens (primary N) is 1. The first kappa shape index (κ1) is 11.2. The Bertz CT molecular complexity index is 527. The summed E-state index contributed by atoms with van der Waals surface area (Å²) in [5.41, 5.74) is 8.57. The lowest BCUT2D eigenvalue weighted by Crippen LogP contribution is -2.32. The minimum Gasteiger partial charge on any atom is -0.493 e. The SMILES string of the molecule is NC(Cc1ccccn1)C1COc2ccccc21. The van der Waals surface area contributed by atoms with Crippen LogP contribution >= 0.6 is 0 Å². The van der Waals surface area contributed by atoms with Crippen LogP contribution in [0.15, 0.2) is 48.7 Å². The van der Waals surface area contributed by atoms with Crippen LogP contribution < -0.4 is 10.5 Å². The Hall–Kier alpha value is -1.87. The maximum Gasteiger partial charge on any atom is 0.122 e. The second kappa shape index (κ2) is 4.78. The van der Waals surface area contributed by atoms with Crippen molar-refractivity contribution in [3.8, 4) is 5.75 Å². The van der Waals surface area contributed by atoms with E-state index in [0.717, 1.165) is 17.9 Å². The molecule has 1 aromatic heterocycles. The van der Waals surface area contributed by atoms with Crippen LogP contribution in [0.1, 0.15) is 17.2 Å². The summed E-state index contributed by atoms with van der Waals surface area (Å²) in [6, 6.07) is 14.1. The summed E-state index contributed by atoms with van der Waals surface area (Å²) < 4.78 is 5.67. The quantitative estimate of drug-likeness (QED) is 0.894. The van der Waals surface area contributed by atoms with Gasteiger partial charge in [0.2, 0.25) is 0 Å². The van der Waals surface area contributed by atoms with Crippen molar-refractivity contribution < 1.29 is 4.74 Å². The van der Waals surface area contributed by atoms with Gasteiger partial charge in [-0.2, -0.15) is 0 Å². The largest absolute Gasteiger partial charge is 0.493 e. The molecular weight excluding hydrogens is 224 g/mol. The molecule has 0 spiro atoms. The van der Waals surface area contributed by atoms with E-state index in [1.807, 2.05) is 36.4 Å². The molecule has 3 heteroatoms. The maximum absolute atomic E-state index is 6.31. The van der Waals surface area contributed by atoms with E-state index in [2.05, 4.69) is 11.1 Å². The number of fused-ring (bicyclic) bond motifs is 1. The zero-order valence-corrected chi connectivity index (χ0v) is 10.1. The third-order valence-electron chi connectivity index (χ3n) is 3.42. The molecule has 2 heterocycles. The van der Waals surface area contributed by atoms with Crippen molar-refractivity contribution in [1.29, 1.82) is 0 Å². The highest BCUT2D eigenvalue weighted by Gasteiger charge is 2.29. The summed E-state index contributed by atoms with van der Waals surface area (Å²) >= 11 is 0. The molecule has 0 amide bonds. The van der Waals surface area contributed by atoms with Gasteiger partial charge in [-0.3, -0.25) is 4.98 Å². The van der Waals surface area contributed by atoms with Gasteiger partial charge in [0.05, 0.1) is 6.61 Å². The van der Waals surface area contributed by atoms with Crippen LogP contribution in [0.25, 0.3) is 0 Å². The Kier molecular flexibility index (Phi) is 2.99. The first-order chi connectivity index (χ1) is 8.84. The molecule has 0 fully saturated rings. The molecular formula is C15H16N2O. The van der Waals surface area contributed by atoms with E-state index >= 15 is 0 Å². The van der Waals surface area contributed by atoms with Crippen molar-refractivity contribution in [2.75, 3.05) is 6.61 Å².